The first kappa shape index (κ1) is 16.0. The van der Waals surface area contributed by atoms with Crippen LogP contribution in [0.25, 0.3) is 0 Å². The molecule has 1 fully saturated rings. The minimum absolute atomic E-state index is 0.239. The zero-order chi connectivity index (χ0) is 15.5. The highest BCUT2D eigenvalue weighted by Crippen LogP contribution is 2.31. The van der Waals surface area contributed by atoms with Gasteiger partial charge in [0.2, 0.25) is 0 Å². The third kappa shape index (κ3) is 4.83. The third-order valence-electron chi connectivity index (χ3n) is 4.14. The van der Waals surface area contributed by atoms with Crippen molar-refractivity contribution in [3.8, 4) is 5.75 Å². The van der Waals surface area contributed by atoms with Gasteiger partial charge in [0.05, 0.1) is 0 Å². The number of anilines is 1. The summed E-state index contributed by atoms with van der Waals surface area (Å²) in [5.41, 5.74) is 0.931. The van der Waals surface area contributed by atoms with Crippen LogP contribution in [0, 0.1) is 11.8 Å². The van der Waals surface area contributed by atoms with Gasteiger partial charge in [-0.3, -0.25) is 0 Å². The highest BCUT2D eigenvalue weighted by atomic mass is 19.4. The van der Waals surface area contributed by atoms with Crippen molar-refractivity contribution in [2.45, 2.75) is 45.3 Å². The van der Waals surface area contributed by atoms with Crippen LogP contribution in [0.2, 0.25) is 0 Å². The molecule has 0 amide bonds. The number of hydrogen-bond acceptors (Lipinski definition) is 2. The molecule has 0 bridgehead atoms. The van der Waals surface area contributed by atoms with E-state index in [1.165, 1.54) is 19.3 Å². The van der Waals surface area contributed by atoms with Crippen LogP contribution in [-0.4, -0.2) is 18.8 Å². The fourth-order valence-electron chi connectivity index (χ4n) is 2.97. The van der Waals surface area contributed by atoms with Gasteiger partial charge in [0.1, 0.15) is 5.75 Å². The molecule has 1 aromatic carbocycles. The second-order valence-corrected chi connectivity index (χ2v) is 5.98. The molecular formula is C16H22F3NO. The standard InChI is InChI=1S/C16H22F3NO/c1-11-4-3-5-12(2)15(11)20-13-6-8-14(9-7-13)21-10-16(17,18)19/h6-9,11-12,15,20H,3-5,10H2,1-2H3. The molecule has 118 valence electrons. The van der Waals surface area contributed by atoms with Crippen LogP contribution in [0.15, 0.2) is 24.3 Å². The molecule has 0 saturated heterocycles. The third-order valence-corrected chi connectivity index (χ3v) is 4.14. The second-order valence-electron chi connectivity index (χ2n) is 5.98. The van der Waals surface area contributed by atoms with Crippen molar-refractivity contribution in [2.75, 3.05) is 11.9 Å². The average Bonchev–Trinajstić information content (AvgIpc) is 2.41. The fourth-order valence-corrected chi connectivity index (χ4v) is 2.97. The Hall–Kier alpha value is -1.39. The minimum Gasteiger partial charge on any atom is -0.484 e. The van der Waals surface area contributed by atoms with Crippen molar-refractivity contribution in [2.24, 2.45) is 11.8 Å². The summed E-state index contributed by atoms with van der Waals surface area (Å²) >= 11 is 0. The molecule has 2 atom stereocenters. The summed E-state index contributed by atoms with van der Waals surface area (Å²) < 4.78 is 40.9. The molecule has 2 rings (SSSR count). The van der Waals surface area contributed by atoms with Gasteiger partial charge in [0, 0.05) is 11.7 Å². The van der Waals surface area contributed by atoms with E-state index in [0.29, 0.717) is 17.9 Å². The largest absolute Gasteiger partial charge is 0.484 e. The van der Waals surface area contributed by atoms with Crippen molar-refractivity contribution in [1.82, 2.24) is 0 Å². The lowest BCUT2D eigenvalue weighted by Crippen LogP contribution is -2.37. The Bertz CT molecular complexity index is 434. The summed E-state index contributed by atoms with van der Waals surface area (Å²) in [5, 5.41) is 3.50. The molecule has 1 N–H and O–H groups in total. The summed E-state index contributed by atoms with van der Waals surface area (Å²) in [6, 6.07) is 7.12. The first-order valence-corrected chi connectivity index (χ1v) is 7.41. The summed E-state index contributed by atoms with van der Waals surface area (Å²) in [6.07, 6.45) is -0.599. The topological polar surface area (TPSA) is 21.3 Å². The van der Waals surface area contributed by atoms with Gasteiger partial charge in [-0.2, -0.15) is 13.2 Å². The molecule has 2 nitrogen and oxygen atoms in total. The van der Waals surface area contributed by atoms with Crippen molar-refractivity contribution in [1.29, 1.82) is 0 Å². The monoisotopic (exact) mass is 301 g/mol. The fraction of sp³-hybridized carbons (Fsp3) is 0.625. The predicted octanol–water partition coefficient (Wildman–Crippen LogP) is 4.86. The molecule has 5 heteroatoms. The Kier molecular flexibility index (Phi) is 5.01. The van der Waals surface area contributed by atoms with E-state index in [4.69, 9.17) is 4.74 Å². The lowest BCUT2D eigenvalue weighted by Gasteiger charge is -2.35. The van der Waals surface area contributed by atoms with Crippen molar-refractivity contribution >= 4 is 5.69 Å². The summed E-state index contributed by atoms with van der Waals surface area (Å²) in [5.74, 6) is 1.45. The zero-order valence-corrected chi connectivity index (χ0v) is 12.4. The molecule has 0 radical (unpaired) electrons. The van der Waals surface area contributed by atoms with Crippen LogP contribution in [-0.2, 0) is 0 Å². The Morgan fingerprint density at radius 1 is 1.10 bits per heavy atom. The Morgan fingerprint density at radius 3 is 2.19 bits per heavy atom. The van der Waals surface area contributed by atoms with Gasteiger partial charge in [0.25, 0.3) is 0 Å². The molecule has 0 heterocycles. The van der Waals surface area contributed by atoms with E-state index >= 15 is 0 Å². The van der Waals surface area contributed by atoms with Gasteiger partial charge in [-0.1, -0.05) is 20.3 Å². The lowest BCUT2D eigenvalue weighted by atomic mass is 9.78. The molecule has 1 aliphatic rings. The number of benzene rings is 1. The normalized spacial score (nSPS) is 26.4. The number of ether oxygens (including phenoxy) is 1. The van der Waals surface area contributed by atoms with Gasteiger partial charge < -0.3 is 10.1 Å². The van der Waals surface area contributed by atoms with Gasteiger partial charge in [-0.15, -0.1) is 0 Å². The van der Waals surface area contributed by atoms with E-state index < -0.39 is 12.8 Å². The van der Waals surface area contributed by atoms with Crippen molar-refractivity contribution < 1.29 is 17.9 Å². The molecule has 0 aliphatic heterocycles. The highest BCUT2D eigenvalue weighted by molar-refractivity contribution is 5.47. The summed E-state index contributed by atoms with van der Waals surface area (Å²) in [6.45, 7) is 3.23. The van der Waals surface area contributed by atoms with E-state index in [1.54, 1.807) is 24.3 Å². The Labute approximate surface area is 123 Å². The van der Waals surface area contributed by atoms with Crippen LogP contribution in [0.5, 0.6) is 5.75 Å². The first-order chi connectivity index (χ1) is 9.85. The second kappa shape index (κ2) is 6.58. The van der Waals surface area contributed by atoms with Crippen LogP contribution in [0.4, 0.5) is 18.9 Å². The van der Waals surface area contributed by atoms with Gasteiger partial charge in [0.15, 0.2) is 6.61 Å². The van der Waals surface area contributed by atoms with Crippen LogP contribution in [0.3, 0.4) is 0 Å². The smallest absolute Gasteiger partial charge is 0.422 e. The van der Waals surface area contributed by atoms with E-state index in [1.807, 2.05) is 0 Å². The van der Waals surface area contributed by atoms with E-state index in [0.717, 1.165) is 5.69 Å². The summed E-state index contributed by atoms with van der Waals surface area (Å²) in [4.78, 5) is 0. The van der Waals surface area contributed by atoms with E-state index in [2.05, 4.69) is 19.2 Å². The molecule has 2 unspecified atom stereocenters. The van der Waals surface area contributed by atoms with E-state index in [-0.39, 0.29) is 5.75 Å². The highest BCUT2D eigenvalue weighted by Gasteiger charge is 2.29. The average molecular weight is 301 g/mol. The number of rotatable bonds is 4. The maximum Gasteiger partial charge on any atom is 0.422 e. The molecule has 0 spiro atoms. The Morgan fingerprint density at radius 2 is 1.67 bits per heavy atom. The SMILES string of the molecule is CC1CCCC(C)C1Nc1ccc(OCC(F)(F)F)cc1. The zero-order valence-electron chi connectivity index (χ0n) is 12.4. The quantitative estimate of drug-likeness (QED) is 0.857. The first-order valence-electron chi connectivity index (χ1n) is 7.41. The van der Waals surface area contributed by atoms with Crippen LogP contribution in [0.1, 0.15) is 33.1 Å². The number of hydrogen-bond donors (Lipinski definition) is 1. The number of nitrogens with one attached hydrogen (secondary N) is 1. The Balaban J connectivity index is 1.92. The maximum absolute atomic E-state index is 12.1. The summed E-state index contributed by atoms with van der Waals surface area (Å²) in [7, 11) is 0. The van der Waals surface area contributed by atoms with E-state index in [9.17, 15) is 13.2 Å². The van der Waals surface area contributed by atoms with Gasteiger partial charge in [-0.25, -0.2) is 0 Å². The van der Waals surface area contributed by atoms with Crippen molar-refractivity contribution in [3.05, 3.63) is 24.3 Å². The van der Waals surface area contributed by atoms with Gasteiger partial charge in [-0.05, 0) is 48.9 Å². The van der Waals surface area contributed by atoms with Gasteiger partial charge >= 0.3 is 6.18 Å². The molecule has 21 heavy (non-hydrogen) atoms. The molecule has 1 saturated carbocycles. The predicted molar refractivity (Wildman–Crippen MR) is 77.6 cm³/mol. The molecule has 1 aliphatic carbocycles. The molecule has 0 aromatic heterocycles. The number of halogens is 3. The van der Waals surface area contributed by atoms with Crippen molar-refractivity contribution in [3.63, 3.8) is 0 Å². The minimum atomic E-state index is -4.30. The van der Waals surface area contributed by atoms with Crippen LogP contribution >= 0.6 is 0 Å². The van der Waals surface area contributed by atoms with Crippen LogP contribution < -0.4 is 10.1 Å². The lowest BCUT2D eigenvalue weighted by molar-refractivity contribution is -0.153. The maximum atomic E-state index is 12.1. The molecule has 1 aromatic rings. The molecular weight excluding hydrogens is 279 g/mol. The number of alkyl halides is 3.